The summed E-state index contributed by atoms with van der Waals surface area (Å²) in [6, 6.07) is 2.22. The van der Waals surface area contributed by atoms with E-state index in [-0.39, 0.29) is 19.6 Å². The van der Waals surface area contributed by atoms with E-state index in [0.29, 0.717) is 16.3 Å². The molecule has 1 aromatic rings. The van der Waals surface area contributed by atoms with Crippen molar-refractivity contribution in [3.05, 3.63) is 28.3 Å². The molecular weight excluding hydrogens is 310 g/mol. The molecule has 0 aliphatic heterocycles. The second-order valence-electron chi connectivity index (χ2n) is 4.90. The highest BCUT2D eigenvalue weighted by atomic mass is 35.5. The number of carboxylic acid groups (broad SMARTS) is 1. The molecule has 1 unspecified atom stereocenters. The van der Waals surface area contributed by atoms with E-state index < -0.39 is 17.9 Å². The molecule has 0 aromatic heterocycles. The first-order chi connectivity index (χ1) is 10.3. The van der Waals surface area contributed by atoms with Crippen LogP contribution in [0, 0.1) is 13.8 Å². The van der Waals surface area contributed by atoms with Gasteiger partial charge in [-0.1, -0.05) is 17.7 Å². The normalized spacial score (nSPS) is 12.0. The summed E-state index contributed by atoms with van der Waals surface area (Å²) in [5.41, 5.74) is 1.77. The van der Waals surface area contributed by atoms with Crippen LogP contribution in [0.2, 0.25) is 5.02 Å². The lowest BCUT2D eigenvalue weighted by molar-refractivity contribution is -0.141. The van der Waals surface area contributed by atoms with E-state index in [1.807, 2.05) is 0 Å². The number of carbonyl (C=O) groups is 2. The van der Waals surface area contributed by atoms with Crippen molar-refractivity contribution < 1.29 is 24.5 Å². The Labute approximate surface area is 134 Å². The molecule has 0 aliphatic rings. The maximum atomic E-state index is 12.4. The molecule has 22 heavy (non-hydrogen) atoms. The smallest absolute Gasteiger partial charge is 0.326 e. The molecule has 1 amide bonds. The van der Waals surface area contributed by atoms with Crippen LogP contribution in [0.1, 0.15) is 17.5 Å². The van der Waals surface area contributed by atoms with Crippen molar-refractivity contribution in [2.24, 2.45) is 0 Å². The first kappa shape index (κ1) is 18.4. The number of hydrogen-bond acceptors (Lipinski definition) is 4. The molecule has 0 radical (unpaired) electrons. The molecule has 2 N–H and O–H groups in total. The third-order valence-corrected chi connectivity index (χ3v) is 3.75. The number of aliphatic hydroxyl groups excluding tert-OH is 1. The summed E-state index contributed by atoms with van der Waals surface area (Å²) in [5, 5.41) is 19.0. The summed E-state index contributed by atoms with van der Waals surface area (Å²) in [6.45, 7) is 2.87. The molecular formula is C15H20ClNO5. The number of hydrogen-bond donors (Lipinski definition) is 2. The highest BCUT2D eigenvalue weighted by Crippen LogP contribution is 2.32. The second-order valence-corrected chi connectivity index (χ2v) is 5.31. The molecule has 1 rings (SSSR count). The predicted octanol–water partition coefficient (Wildman–Crippen LogP) is 1.77. The Morgan fingerprint density at radius 1 is 1.36 bits per heavy atom. The summed E-state index contributed by atoms with van der Waals surface area (Å²) >= 11 is 6.11. The van der Waals surface area contributed by atoms with Crippen molar-refractivity contribution in [1.29, 1.82) is 0 Å². The zero-order valence-corrected chi connectivity index (χ0v) is 13.6. The lowest BCUT2D eigenvalue weighted by Crippen LogP contribution is -2.48. The lowest BCUT2D eigenvalue weighted by atomic mass is 10.0. The number of aliphatic carboxylic acids is 1. The van der Waals surface area contributed by atoms with E-state index in [2.05, 4.69) is 0 Å². The topological polar surface area (TPSA) is 87.1 Å². The van der Waals surface area contributed by atoms with Crippen LogP contribution in [0.3, 0.4) is 0 Å². The van der Waals surface area contributed by atoms with E-state index in [4.69, 9.17) is 21.4 Å². The molecule has 0 bridgehead atoms. The van der Waals surface area contributed by atoms with Crippen molar-refractivity contribution in [3.63, 3.8) is 0 Å². The van der Waals surface area contributed by atoms with Crippen molar-refractivity contribution in [2.75, 3.05) is 25.2 Å². The molecule has 0 heterocycles. The lowest BCUT2D eigenvalue weighted by Gasteiger charge is -2.31. The third-order valence-electron chi connectivity index (χ3n) is 3.34. The van der Waals surface area contributed by atoms with E-state index in [1.54, 1.807) is 26.0 Å². The molecule has 122 valence electrons. The average Bonchev–Trinajstić information content (AvgIpc) is 2.46. The minimum atomic E-state index is -1.20. The van der Waals surface area contributed by atoms with Crippen molar-refractivity contribution in [3.8, 4) is 0 Å². The van der Waals surface area contributed by atoms with Gasteiger partial charge in [0.2, 0.25) is 0 Å². The Hall–Kier alpha value is -1.63. The van der Waals surface area contributed by atoms with Gasteiger partial charge in [-0.05, 0) is 31.0 Å². The zero-order chi connectivity index (χ0) is 16.9. The number of amides is 1. The monoisotopic (exact) mass is 329 g/mol. The number of carbonyl (C=O) groups excluding carboxylic acids is 1. The van der Waals surface area contributed by atoms with Crippen LogP contribution >= 0.6 is 11.6 Å². The number of aryl methyl sites for hydroxylation is 1. The SMILES string of the molecule is COCC(=O)N(c1c(C)ccc(Cl)c1C)C(CCO)C(=O)O. The molecule has 1 atom stereocenters. The van der Waals surface area contributed by atoms with E-state index in [1.165, 1.54) is 7.11 Å². The van der Waals surface area contributed by atoms with E-state index in [0.717, 1.165) is 10.5 Å². The molecule has 0 saturated heterocycles. The fourth-order valence-corrected chi connectivity index (χ4v) is 2.47. The average molecular weight is 330 g/mol. The third kappa shape index (κ3) is 3.97. The van der Waals surface area contributed by atoms with Crippen LogP contribution < -0.4 is 4.90 Å². The fraction of sp³-hybridized carbons (Fsp3) is 0.467. The fourth-order valence-electron chi connectivity index (χ4n) is 2.31. The summed E-state index contributed by atoms with van der Waals surface area (Å²) in [7, 11) is 1.36. The van der Waals surface area contributed by atoms with Crippen LogP contribution in [0.25, 0.3) is 0 Å². The number of methoxy groups -OCH3 is 1. The maximum absolute atomic E-state index is 12.4. The van der Waals surface area contributed by atoms with Gasteiger partial charge < -0.3 is 14.9 Å². The number of rotatable bonds is 7. The summed E-state index contributed by atoms with van der Waals surface area (Å²) < 4.78 is 4.84. The Morgan fingerprint density at radius 3 is 2.50 bits per heavy atom. The Bertz CT molecular complexity index is 561. The van der Waals surface area contributed by atoms with Gasteiger partial charge in [0.1, 0.15) is 12.6 Å². The van der Waals surface area contributed by atoms with Gasteiger partial charge >= 0.3 is 5.97 Å². The van der Waals surface area contributed by atoms with Gasteiger partial charge in [-0.25, -0.2) is 4.79 Å². The standard InChI is InChI=1S/C15H20ClNO5/c1-9-4-5-11(16)10(2)14(9)17(13(19)8-22-3)12(6-7-18)15(20)21/h4-5,12,18H,6-8H2,1-3H3,(H,20,21). The summed E-state index contributed by atoms with van der Waals surface area (Å²) in [5.74, 6) is -1.70. The van der Waals surface area contributed by atoms with Gasteiger partial charge in [0.25, 0.3) is 5.91 Å². The highest BCUT2D eigenvalue weighted by Gasteiger charge is 2.32. The second kappa shape index (κ2) is 8.12. The number of carboxylic acids is 1. The number of nitrogens with zero attached hydrogens (tertiary/aromatic N) is 1. The van der Waals surface area contributed by atoms with Gasteiger partial charge in [0.05, 0.1) is 5.69 Å². The summed E-state index contributed by atoms with van der Waals surface area (Å²) in [6.07, 6.45) is -0.0871. The first-order valence-electron chi connectivity index (χ1n) is 6.75. The van der Waals surface area contributed by atoms with Crippen LogP contribution in [0.5, 0.6) is 0 Å². The predicted molar refractivity (Wildman–Crippen MR) is 83.4 cm³/mol. The van der Waals surface area contributed by atoms with Gasteiger partial charge in [-0.2, -0.15) is 0 Å². The van der Waals surface area contributed by atoms with Crippen LogP contribution in [-0.2, 0) is 14.3 Å². The Kier molecular flexibility index (Phi) is 6.80. The van der Waals surface area contributed by atoms with Crippen LogP contribution in [-0.4, -0.2) is 48.5 Å². The number of aliphatic hydroxyl groups is 1. The maximum Gasteiger partial charge on any atom is 0.326 e. The van der Waals surface area contributed by atoms with Crippen molar-refractivity contribution in [1.82, 2.24) is 0 Å². The largest absolute Gasteiger partial charge is 0.480 e. The molecule has 7 heteroatoms. The number of halogens is 1. The minimum absolute atomic E-state index is 0.0871. The molecule has 0 spiro atoms. The van der Waals surface area contributed by atoms with Gasteiger partial charge in [-0.15, -0.1) is 0 Å². The minimum Gasteiger partial charge on any atom is -0.480 e. The Morgan fingerprint density at radius 2 is 2.00 bits per heavy atom. The van der Waals surface area contributed by atoms with E-state index >= 15 is 0 Å². The Balaban J connectivity index is 3.47. The number of benzene rings is 1. The van der Waals surface area contributed by atoms with Crippen molar-refractivity contribution >= 4 is 29.2 Å². The quantitative estimate of drug-likeness (QED) is 0.796. The van der Waals surface area contributed by atoms with Crippen LogP contribution in [0.15, 0.2) is 12.1 Å². The van der Waals surface area contributed by atoms with Crippen LogP contribution in [0.4, 0.5) is 5.69 Å². The number of ether oxygens (including phenoxy) is 1. The van der Waals surface area contributed by atoms with Crippen molar-refractivity contribution in [2.45, 2.75) is 26.3 Å². The van der Waals surface area contributed by atoms with Gasteiger partial charge in [-0.3, -0.25) is 9.69 Å². The molecule has 6 nitrogen and oxygen atoms in total. The first-order valence-corrected chi connectivity index (χ1v) is 7.13. The zero-order valence-electron chi connectivity index (χ0n) is 12.8. The van der Waals surface area contributed by atoms with Gasteiger partial charge in [0, 0.05) is 25.2 Å². The molecule has 1 aromatic carbocycles. The molecule has 0 fully saturated rings. The summed E-state index contributed by atoms with van der Waals surface area (Å²) in [4.78, 5) is 25.1. The number of anilines is 1. The highest BCUT2D eigenvalue weighted by molar-refractivity contribution is 6.32. The molecule has 0 aliphatic carbocycles. The van der Waals surface area contributed by atoms with E-state index in [9.17, 15) is 14.7 Å². The molecule has 0 saturated carbocycles. The van der Waals surface area contributed by atoms with Gasteiger partial charge in [0.15, 0.2) is 0 Å².